The summed E-state index contributed by atoms with van der Waals surface area (Å²) in [5.41, 5.74) is 3.14. The van der Waals surface area contributed by atoms with Gasteiger partial charge in [-0.05, 0) is 31.2 Å². The number of carbonyl (C=O) groups excluding carboxylic acids is 2. The number of rotatable bonds is 5. The molecule has 1 aliphatic rings. The molecular formula is C20H21NO2. The molecule has 0 spiro atoms. The fourth-order valence-corrected chi connectivity index (χ4v) is 3.22. The van der Waals surface area contributed by atoms with Crippen LogP contribution in [0.2, 0.25) is 0 Å². The number of ketones is 2. The van der Waals surface area contributed by atoms with E-state index in [9.17, 15) is 9.59 Å². The summed E-state index contributed by atoms with van der Waals surface area (Å²) in [7, 11) is 1.93. The van der Waals surface area contributed by atoms with E-state index in [1.165, 1.54) is 0 Å². The van der Waals surface area contributed by atoms with Gasteiger partial charge in [-0.25, -0.2) is 0 Å². The molecule has 2 aromatic carbocycles. The van der Waals surface area contributed by atoms with Crippen LogP contribution < -0.4 is 5.32 Å². The van der Waals surface area contributed by atoms with Gasteiger partial charge in [0.2, 0.25) is 0 Å². The summed E-state index contributed by atoms with van der Waals surface area (Å²) in [6.07, 6.45) is 3.27. The Balaban J connectivity index is 2.03. The molecule has 1 atom stereocenters. The van der Waals surface area contributed by atoms with E-state index in [4.69, 9.17) is 0 Å². The molecule has 0 bridgehead atoms. The van der Waals surface area contributed by atoms with Gasteiger partial charge in [-0.15, -0.1) is 0 Å². The SMILES string of the molecule is CCCCC(NC)c1ccc2c(c1)C(=O)c1ccccc1C2=O. The van der Waals surface area contributed by atoms with E-state index in [0.29, 0.717) is 22.3 Å². The van der Waals surface area contributed by atoms with Crippen molar-refractivity contribution < 1.29 is 9.59 Å². The first-order valence-corrected chi connectivity index (χ1v) is 8.17. The van der Waals surface area contributed by atoms with Crippen LogP contribution in [-0.4, -0.2) is 18.6 Å². The lowest BCUT2D eigenvalue weighted by Gasteiger charge is -2.21. The van der Waals surface area contributed by atoms with Gasteiger partial charge < -0.3 is 5.32 Å². The summed E-state index contributed by atoms with van der Waals surface area (Å²) in [6.45, 7) is 2.17. The van der Waals surface area contributed by atoms with Gasteiger partial charge in [-0.2, -0.15) is 0 Å². The highest BCUT2D eigenvalue weighted by Gasteiger charge is 2.29. The van der Waals surface area contributed by atoms with Gasteiger partial charge in [0.25, 0.3) is 0 Å². The molecule has 1 aliphatic carbocycles. The Morgan fingerprint density at radius 1 is 0.913 bits per heavy atom. The Hall–Kier alpha value is -2.26. The molecule has 0 fully saturated rings. The number of fused-ring (bicyclic) bond motifs is 2. The molecule has 0 amide bonds. The van der Waals surface area contributed by atoms with Crippen molar-refractivity contribution in [3.05, 3.63) is 70.3 Å². The van der Waals surface area contributed by atoms with Crippen molar-refractivity contribution in [2.45, 2.75) is 32.2 Å². The Labute approximate surface area is 136 Å². The van der Waals surface area contributed by atoms with Crippen molar-refractivity contribution in [3.63, 3.8) is 0 Å². The first kappa shape index (κ1) is 15.6. The van der Waals surface area contributed by atoms with E-state index in [0.717, 1.165) is 24.8 Å². The quantitative estimate of drug-likeness (QED) is 0.777. The van der Waals surface area contributed by atoms with Gasteiger partial charge in [0.05, 0.1) is 0 Å². The third-order valence-corrected chi connectivity index (χ3v) is 4.55. The molecule has 118 valence electrons. The van der Waals surface area contributed by atoms with Gasteiger partial charge in [0, 0.05) is 28.3 Å². The van der Waals surface area contributed by atoms with Crippen LogP contribution in [0.4, 0.5) is 0 Å². The number of carbonyl (C=O) groups is 2. The van der Waals surface area contributed by atoms with Crippen LogP contribution in [0.3, 0.4) is 0 Å². The molecule has 3 rings (SSSR count). The van der Waals surface area contributed by atoms with E-state index in [1.54, 1.807) is 30.3 Å². The van der Waals surface area contributed by atoms with Gasteiger partial charge in [-0.3, -0.25) is 9.59 Å². The van der Waals surface area contributed by atoms with Crippen molar-refractivity contribution in [3.8, 4) is 0 Å². The summed E-state index contributed by atoms with van der Waals surface area (Å²) >= 11 is 0. The largest absolute Gasteiger partial charge is 0.313 e. The molecule has 0 saturated carbocycles. The van der Waals surface area contributed by atoms with E-state index in [1.807, 2.05) is 19.2 Å². The Bertz CT molecular complexity index is 764. The van der Waals surface area contributed by atoms with Crippen molar-refractivity contribution in [1.29, 1.82) is 0 Å². The normalized spacial score (nSPS) is 14.3. The zero-order chi connectivity index (χ0) is 16.4. The maximum absolute atomic E-state index is 12.8. The van der Waals surface area contributed by atoms with E-state index in [-0.39, 0.29) is 17.6 Å². The minimum absolute atomic E-state index is 0.0533. The minimum Gasteiger partial charge on any atom is -0.313 e. The molecule has 3 nitrogen and oxygen atoms in total. The van der Waals surface area contributed by atoms with Crippen molar-refractivity contribution in [2.24, 2.45) is 0 Å². The maximum Gasteiger partial charge on any atom is 0.194 e. The summed E-state index contributed by atoms with van der Waals surface area (Å²) < 4.78 is 0. The number of benzene rings is 2. The number of hydrogen-bond acceptors (Lipinski definition) is 3. The lowest BCUT2D eigenvalue weighted by molar-refractivity contribution is 0.0979. The van der Waals surface area contributed by atoms with Crippen molar-refractivity contribution in [1.82, 2.24) is 5.32 Å². The summed E-state index contributed by atoms with van der Waals surface area (Å²) in [5.74, 6) is -0.112. The molecule has 0 aromatic heterocycles. The molecule has 0 saturated heterocycles. The summed E-state index contributed by atoms with van der Waals surface area (Å²) in [5, 5.41) is 3.31. The lowest BCUT2D eigenvalue weighted by Crippen LogP contribution is -2.22. The molecular weight excluding hydrogens is 286 g/mol. The van der Waals surface area contributed by atoms with Gasteiger partial charge in [0.15, 0.2) is 11.6 Å². The Kier molecular flexibility index (Phi) is 4.39. The van der Waals surface area contributed by atoms with Crippen LogP contribution in [0, 0.1) is 0 Å². The topological polar surface area (TPSA) is 46.2 Å². The van der Waals surface area contributed by atoms with Crippen molar-refractivity contribution in [2.75, 3.05) is 7.05 Å². The summed E-state index contributed by atoms with van der Waals surface area (Å²) in [6, 6.07) is 12.9. The molecule has 3 heteroatoms. The number of nitrogens with one attached hydrogen (secondary N) is 1. The second kappa shape index (κ2) is 6.47. The third-order valence-electron chi connectivity index (χ3n) is 4.55. The fourth-order valence-electron chi connectivity index (χ4n) is 3.22. The van der Waals surface area contributed by atoms with Gasteiger partial charge in [-0.1, -0.05) is 50.1 Å². The number of unbranched alkanes of at least 4 members (excludes halogenated alkanes) is 1. The molecule has 0 radical (unpaired) electrons. The van der Waals surface area contributed by atoms with E-state index < -0.39 is 0 Å². The predicted molar refractivity (Wildman–Crippen MR) is 91.1 cm³/mol. The highest BCUT2D eigenvalue weighted by Crippen LogP contribution is 2.30. The van der Waals surface area contributed by atoms with Crippen LogP contribution in [0.1, 0.15) is 69.6 Å². The first-order chi connectivity index (χ1) is 11.2. The van der Waals surface area contributed by atoms with E-state index in [2.05, 4.69) is 12.2 Å². The monoisotopic (exact) mass is 307 g/mol. The Morgan fingerprint density at radius 3 is 2.13 bits per heavy atom. The second-order valence-corrected chi connectivity index (χ2v) is 5.99. The predicted octanol–water partition coefficient (Wildman–Crippen LogP) is 3.91. The summed E-state index contributed by atoms with van der Waals surface area (Å²) in [4.78, 5) is 25.4. The zero-order valence-electron chi connectivity index (χ0n) is 13.6. The smallest absolute Gasteiger partial charge is 0.194 e. The fraction of sp³-hybridized carbons (Fsp3) is 0.300. The van der Waals surface area contributed by atoms with E-state index >= 15 is 0 Å². The average Bonchev–Trinajstić information content (AvgIpc) is 2.60. The van der Waals surface area contributed by atoms with Crippen LogP contribution in [-0.2, 0) is 0 Å². The average molecular weight is 307 g/mol. The highest BCUT2D eigenvalue weighted by atomic mass is 16.1. The Morgan fingerprint density at radius 2 is 1.52 bits per heavy atom. The molecule has 2 aromatic rings. The molecule has 0 heterocycles. The van der Waals surface area contributed by atoms with Crippen LogP contribution in [0.25, 0.3) is 0 Å². The zero-order valence-corrected chi connectivity index (χ0v) is 13.6. The van der Waals surface area contributed by atoms with Crippen LogP contribution in [0.5, 0.6) is 0 Å². The second-order valence-electron chi connectivity index (χ2n) is 5.99. The number of hydrogen-bond donors (Lipinski definition) is 1. The van der Waals surface area contributed by atoms with Gasteiger partial charge in [0.1, 0.15) is 0 Å². The third kappa shape index (κ3) is 2.73. The maximum atomic E-state index is 12.8. The van der Waals surface area contributed by atoms with Gasteiger partial charge >= 0.3 is 0 Å². The lowest BCUT2D eigenvalue weighted by atomic mass is 9.82. The molecule has 0 aliphatic heterocycles. The molecule has 23 heavy (non-hydrogen) atoms. The standard InChI is InChI=1S/C20H21NO2/c1-3-4-9-18(21-2)13-10-11-16-17(12-13)20(23)15-8-6-5-7-14(15)19(16)22/h5-8,10-12,18,21H,3-4,9H2,1-2H3. The highest BCUT2D eigenvalue weighted by molar-refractivity contribution is 6.28. The van der Waals surface area contributed by atoms with Crippen molar-refractivity contribution >= 4 is 11.6 Å². The van der Waals surface area contributed by atoms with Crippen LogP contribution in [0.15, 0.2) is 42.5 Å². The first-order valence-electron chi connectivity index (χ1n) is 8.17. The molecule has 1 N–H and O–H groups in total. The van der Waals surface area contributed by atoms with Crippen LogP contribution >= 0.6 is 0 Å². The minimum atomic E-state index is -0.0590. The molecule has 1 unspecified atom stereocenters.